The summed E-state index contributed by atoms with van der Waals surface area (Å²) in [6, 6.07) is 5.62. The SMILES string of the molecule is CCC(CC)N(CCOC)c1c(F)cccc1CNC. The largest absolute Gasteiger partial charge is 0.383 e. The molecule has 114 valence electrons. The molecule has 0 radical (unpaired) electrons. The highest BCUT2D eigenvalue weighted by Gasteiger charge is 2.21. The van der Waals surface area contributed by atoms with Crippen LogP contribution in [0.1, 0.15) is 32.3 Å². The van der Waals surface area contributed by atoms with Crippen molar-refractivity contribution in [2.75, 3.05) is 32.2 Å². The Hall–Kier alpha value is -1.13. The van der Waals surface area contributed by atoms with Crippen LogP contribution in [0.4, 0.5) is 10.1 Å². The Morgan fingerprint density at radius 3 is 2.55 bits per heavy atom. The summed E-state index contributed by atoms with van der Waals surface area (Å²) in [5.41, 5.74) is 1.71. The molecule has 0 saturated heterocycles. The van der Waals surface area contributed by atoms with Crippen molar-refractivity contribution in [3.05, 3.63) is 29.6 Å². The molecule has 1 aromatic rings. The first-order valence-corrected chi connectivity index (χ1v) is 7.37. The smallest absolute Gasteiger partial charge is 0.146 e. The highest BCUT2D eigenvalue weighted by Crippen LogP contribution is 2.28. The summed E-state index contributed by atoms with van der Waals surface area (Å²) in [6.07, 6.45) is 1.99. The second kappa shape index (κ2) is 8.93. The number of nitrogens with one attached hydrogen (secondary N) is 1. The van der Waals surface area contributed by atoms with E-state index in [9.17, 15) is 4.39 Å². The number of nitrogens with zero attached hydrogens (tertiary/aromatic N) is 1. The molecular formula is C16H27FN2O. The molecule has 1 rings (SSSR count). The van der Waals surface area contributed by atoms with E-state index >= 15 is 0 Å². The van der Waals surface area contributed by atoms with E-state index < -0.39 is 0 Å². The third-order valence-electron chi connectivity index (χ3n) is 3.64. The standard InChI is InChI=1S/C16H27FN2O/c1-5-14(6-2)19(10-11-20-4)16-13(12-18-3)8-7-9-15(16)17/h7-9,14,18H,5-6,10-12H2,1-4H3. The fourth-order valence-corrected chi connectivity index (χ4v) is 2.61. The van der Waals surface area contributed by atoms with Crippen molar-refractivity contribution in [1.29, 1.82) is 0 Å². The quantitative estimate of drug-likeness (QED) is 0.753. The van der Waals surface area contributed by atoms with E-state index in [1.54, 1.807) is 13.2 Å². The number of methoxy groups -OCH3 is 1. The molecule has 0 bridgehead atoms. The maximum Gasteiger partial charge on any atom is 0.146 e. The zero-order valence-corrected chi connectivity index (χ0v) is 13.1. The summed E-state index contributed by atoms with van der Waals surface area (Å²) >= 11 is 0. The first-order valence-electron chi connectivity index (χ1n) is 7.37. The Bertz CT molecular complexity index is 394. The van der Waals surface area contributed by atoms with Gasteiger partial charge in [0, 0.05) is 26.2 Å². The first kappa shape index (κ1) is 16.9. The number of hydrogen-bond acceptors (Lipinski definition) is 3. The molecule has 0 amide bonds. The molecule has 0 saturated carbocycles. The van der Waals surface area contributed by atoms with Gasteiger partial charge in [-0.1, -0.05) is 26.0 Å². The van der Waals surface area contributed by atoms with Crippen LogP contribution in [-0.2, 0) is 11.3 Å². The normalized spacial score (nSPS) is 11.1. The molecule has 20 heavy (non-hydrogen) atoms. The van der Waals surface area contributed by atoms with Crippen LogP contribution in [0.2, 0.25) is 0 Å². The third kappa shape index (κ3) is 4.18. The van der Waals surface area contributed by atoms with Gasteiger partial charge in [0.25, 0.3) is 0 Å². The lowest BCUT2D eigenvalue weighted by Gasteiger charge is -2.34. The number of ether oxygens (including phenoxy) is 1. The summed E-state index contributed by atoms with van der Waals surface area (Å²) in [5, 5.41) is 3.11. The van der Waals surface area contributed by atoms with Crippen molar-refractivity contribution >= 4 is 5.69 Å². The van der Waals surface area contributed by atoms with Crippen molar-refractivity contribution in [3.63, 3.8) is 0 Å². The Labute approximate surface area is 122 Å². The summed E-state index contributed by atoms with van der Waals surface area (Å²) in [5.74, 6) is -0.152. The number of rotatable bonds is 9. The number of para-hydroxylation sites is 1. The lowest BCUT2D eigenvalue weighted by molar-refractivity contribution is 0.202. The molecule has 0 fully saturated rings. The molecule has 0 atom stereocenters. The summed E-state index contributed by atoms with van der Waals surface area (Å²) < 4.78 is 19.6. The third-order valence-corrected chi connectivity index (χ3v) is 3.64. The molecule has 4 heteroatoms. The molecule has 0 aliphatic rings. The minimum absolute atomic E-state index is 0.152. The first-order chi connectivity index (χ1) is 9.69. The lowest BCUT2D eigenvalue weighted by atomic mass is 10.1. The van der Waals surface area contributed by atoms with E-state index in [4.69, 9.17) is 4.74 Å². The molecule has 1 N–H and O–H groups in total. The molecule has 1 aromatic carbocycles. The van der Waals surface area contributed by atoms with Crippen LogP contribution in [0.5, 0.6) is 0 Å². The summed E-state index contributed by atoms with van der Waals surface area (Å²) in [4.78, 5) is 2.16. The van der Waals surface area contributed by atoms with Crippen LogP contribution in [0.25, 0.3) is 0 Å². The summed E-state index contributed by atoms with van der Waals surface area (Å²) in [6.45, 7) is 6.26. The molecule has 0 unspecified atom stereocenters. The van der Waals surface area contributed by atoms with Crippen molar-refractivity contribution in [2.24, 2.45) is 0 Å². The number of anilines is 1. The molecule has 0 aliphatic heterocycles. The van der Waals surface area contributed by atoms with Crippen molar-refractivity contribution in [2.45, 2.75) is 39.3 Å². The van der Waals surface area contributed by atoms with Crippen molar-refractivity contribution in [1.82, 2.24) is 5.32 Å². The predicted molar refractivity (Wildman–Crippen MR) is 82.8 cm³/mol. The number of hydrogen-bond donors (Lipinski definition) is 1. The van der Waals surface area contributed by atoms with Gasteiger partial charge in [0.05, 0.1) is 12.3 Å². The van der Waals surface area contributed by atoms with Gasteiger partial charge in [-0.3, -0.25) is 0 Å². The summed E-state index contributed by atoms with van der Waals surface area (Å²) in [7, 11) is 3.56. The Balaban J connectivity index is 3.16. The zero-order valence-electron chi connectivity index (χ0n) is 13.1. The van der Waals surface area contributed by atoms with E-state index in [0.29, 0.717) is 31.4 Å². The van der Waals surface area contributed by atoms with Crippen LogP contribution in [0, 0.1) is 5.82 Å². The zero-order chi connectivity index (χ0) is 15.0. The average Bonchev–Trinajstić information content (AvgIpc) is 2.45. The van der Waals surface area contributed by atoms with Gasteiger partial charge < -0.3 is 15.0 Å². The van der Waals surface area contributed by atoms with E-state index in [2.05, 4.69) is 24.1 Å². The highest BCUT2D eigenvalue weighted by atomic mass is 19.1. The van der Waals surface area contributed by atoms with Crippen LogP contribution >= 0.6 is 0 Å². The van der Waals surface area contributed by atoms with Crippen molar-refractivity contribution < 1.29 is 9.13 Å². The molecular weight excluding hydrogens is 255 g/mol. The van der Waals surface area contributed by atoms with E-state index in [0.717, 1.165) is 18.4 Å². The van der Waals surface area contributed by atoms with Crippen LogP contribution in [0.3, 0.4) is 0 Å². The van der Waals surface area contributed by atoms with Gasteiger partial charge >= 0.3 is 0 Å². The van der Waals surface area contributed by atoms with E-state index in [1.807, 2.05) is 13.1 Å². The molecule has 0 aromatic heterocycles. The minimum atomic E-state index is -0.152. The lowest BCUT2D eigenvalue weighted by Crippen LogP contribution is -2.38. The van der Waals surface area contributed by atoms with Gasteiger partial charge in [0.15, 0.2) is 0 Å². The Morgan fingerprint density at radius 2 is 2.00 bits per heavy atom. The van der Waals surface area contributed by atoms with E-state index in [1.165, 1.54) is 6.07 Å². The van der Waals surface area contributed by atoms with Gasteiger partial charge in [-0.15, -0.1) is 0 Å². The fraction of sp³-hybridized carbons (Fsp3) is 0.625. The maximum absolute atomic E-state index is 14.4. The predicted octanol–water partition coefficient (Wildman–Crippen LogP) is 3.19. The molecule has 0 aliphatic carbocycles. The van der Waals surface area contributed by atoms with Crippen LogP contribution in [-0.4, -0.2) is 33.4 Å². The monoisotopic (exact) mass is 282 g/mol. The van der Waals surface area contributed by atoms with E-state index in [-0.39, 0.29) is 5.82 Å². The molecule has 0 spiro atoms. The number of halogens is 1. The number of benzene rings is 1. The second-order valence-electron chi connectivity index (χ2n) is 4.93. The highest BCUT2D eigenvalue weighted by molar-refractivity contribution is 5.55. The average molecular weight is 282 g/mol. The van der Waals surface area contributed by atoms with Gasteiger partial charge in [-0.25, -0.2) is 4.39 Å². The van der Waals surface area contributed by atoms with Gasteiger partial charge in [0.1, 0.15) is 5.82 Å². The van der Waals surface area contributed by atoms with Gasteiger partial charge in [0.2, 0.25) is 0 Å². The maximum atomic E-state index is 14.4. The second-order valence-corrected chi connectivity index (χ2v) is 4.93. The molecule has 0 heterocycles. The van der Waals surface area contributed by atoms with Gasteiger partial charge in [-0.05, 0) is 31.5 Å². The Morgan fingerprint density at radius 1 is 1.30 bits per heavy atom. The topological polar surface area (TPSA) is 24.5 Å². The van der Waals surface area contributed by atoms with Crippen LogP contribution in [0.15, 0.2) is 18.2 Å². The minimum Gasteiger partial charge on any atom is -0.383 e. The van der Waals surface area contributed by atoms with Crippen LogP contribution < -0.4 is 10.2 Å². The fourth-order valence-electron chi connectivity index (χ4n) is 2.61. The Kier molecular flexibility index (Phi) is 7.55. The van der Waals surface area contributed by atoms with Gasteiger partial charge in [-0.2, -0.15) is 0 Å². The van der Waals surface area contributed by atoms with Crippen molar-refractivity contribution in [3.8, 4) is 0 Å². The molecule has 3 nitrogen and oxygen atoms in total.